The van der Waals surface area contributed by atoms with Gasteiger partial charge in [-0.1, -0.05) is 0 Å². The van der Waals surface area contributed by atoms with E-state index in [4.69, 9.17) is 25.0 Å². The molecule has 5 N–H and O–H groups in total. The quantitative estimate of drug-likeness (QED) is 0.193. The minimum absolute atomic E-state index is 0. The molecule has 0 rings (SSSR count). The van der Waals surface area contributed by atoms with Crippen LogP contribution in [0.1, 0.15) is 0 Å². The third kappa shape index (κ3) is 18.9. The molecule has 0 saturated carbocycles. The number of carboxylic acids is 2. The molecule has 0 aromatic carbocycles. The van der Waals surface area contributed by atoms with Gasteiger partial charge in [-0.05, 0) is 19.6 Å². The molecule has 0 amide bonds. The maximum atomic E-state index is 10.2. The van der Waals surface area contributed by atoms with E-state index < -0.39 is 47.3 Å². The molecular formula is C7H15BLiO13PSi. The van der Waals surface area contributed by atoms with Gasteiger partial charge in [0, 0.05) is 0 Å². The Hall–Kier alpha value is -1.17. The fourth-order valence-electron chi connectivity index (χ4n) is 0.665. The summed E-state index contributed by atoms with van der Waals surface area (Å²) in [6.45, 7) is 5.14. The summed E-state index contributed by atoms with van der Waals surface area (Å²) in [5, 5.41) is 24.3. The summed E-state index contributed by atoms with van der Waals surface area (Å²) in [6, 6.07) is 0. The van der Waals surface area contributed by atoms with Gasteiger partial charge in [-0.15, -0.1) is 0 Å². The van der Waals surface area contributed by atoms with Crippen molar-refractivity contribution in [2.24, 2.45) is 0 Å². The van der Waals surface area contributed by atoms with Crippen molar-refractivity contribution < 1.29 is 62.3 Å². The molecule has 0 heterocycles. The number of rotatable bonds is 4. The van der Waals surface area contributed by atoms with Gasteiger partial charge in [0.05, 0.1) is 0 Å². The Morgan fingerprint density at radius 2 is 1.21 bits per heavy atom. The van der Waals surface area contributed by atoms with Crippen LogP contribution in [-0.2, 0) is 37.3 Å². The molecule has 0 aliphatic heterocycles. The average molecular weight is 384 g/mol. The average Bonchev–Trinajstić information content (AvgIpc) is 2.23. The molecule has 17 heteroatoms. The predicted molar refractivity (Wildman–Crippen MR) is 79.1 cm³/mol. The number of carbonyl (C=O) groups excluding carboxylic acids is 2. The predicted octanol–water partition coefficient (Wildman–Crippen LogP) is -2.50. The number of hydrogen-bond donors (Lipinski definition) is 5. The van der Waals surface area contributed by atoms with E-state index in [0.29, 0.717) is 0 Å². The summed E-state index contributed by atoms with van der Waals surface area (Å²) in [4.78, 5) is 56.5. The summed E-state index contributed by atoms with van der Waals surface area (Å²) in [5.41, 5.74) is 0. The van der Waals surface area contributed by atoms with Crippen molar-refractivity contribution in [2.75, 3.05) is 0 Å². The van der Waals surface area contributed by atoms with E-state index in [9.17, 15) is 23.7 Å². The van der Waals surface area contributed by atoms with E-state index >= 15 is 0 Å². The first kappa shape index (κ1) is 27.7. The zero-order chi connectivity index (χ0) is 19.0. The Labute approximate surface area is 148 Å². The molecule has 0 fully saturated rings. The van der Waals surface area contributed by atoms with Crippen LogP contribution in [0.15, 0.2) is 0 Å². The maximum absolute atomic E-state index is 10.2. The zero-order valence-corrected chi connectivity index (χ0v) is 13.9. The monoisotopic (exact) mass is 384 g/mol. The van der Waals surface area contributed by atoms with Gasteiger partial charge in [-0.25, -0.2) is 23.7 Å². The topological polar surface area (TPSA) is 214 Å². The molecule has 0 atom stereocenters. The summed E-state index contributed by atoms with van der Waals surface area (Å²) >= 11 is 0. The van der Waals surface area contributed by atoms with E-state index in [1.54, 1.807) is 19.6 Å². The van der Waals surface area contributed by atoms with Crippen LogP contribution in [0.25, 0.3) is 0 Å². The molecule has 24 heavy (non-hydrogen) atoms. The van der Waals surface area contributed by atoms with Gasteiger partial charge >= 0.3 is 57.9 Å². The summed E-state index contributed by atoms with van der Waals surface area (Å²) in [7, 11) is -8.85. The second-order valence-electron chi connectivity index (χ2n) is 4.42. The van der Waals surface area contributed by atoms with Crippen molar-refractivity contribution >= 4 is 66.2 Å². The fourth-order valence-corrected chi connectivity index (χ4v) is 3.52. The van der Waals surface area contributed by atoms with E-state index in [1.807, 2.05) is 0 Å². The van der Waals surface area contributed by atoms with Gasteiger partial charge in [-0.2, -0.15) is 0 Å². The molecule has 0 radical (unpaired) electrons. The van der Waals surface area contributed by atoms with Crippen molar-refractivity contribution in [3.05, 3.63) is 0 Å². The molecule has 134 valence electrons. The van der Waals surface area contributed by atoms with Crippen LogP contribution in [0.4, 0.5) is 0 Å². The summed E-state index contributed by atoms with van der Waals surface area (Å²) in [6.07, 6.45) is 0. The number of hydrogen-bond acceptors (Lipinski definition) is 9. The van der Waals surface area contributed by atoms with E-state index in [1.165, 1.54) is 0 Å². The summed E-state index contributed by atoms with van der Waals surface area (Å²) < 4.78 is 21.7. The van der Waals surface area contributed by atoms with Gasteiger partial charge in [0.1, 0.15) is 0 Å². The standard InChI is InChI=1S/C4H3BO9.C3H11O4PSi.Li.H/c6-1(7)3(10)13-5(12)14-4(11)2(8)9;1-9(2,3)7-8(4,5)6;;/h12H,(H,6,7)(H,8,9);1-3H3,(H2,4,5,6);;. The molecular weight excluding hydrogens is 369 g/mol. The van der Waals surface area contributed by atoms with E-state index in [0.717, 1.165) is 0 Å². The molecule has 0 bridgehead atoms. The molecule has 0 aliphatic carbocycles. The van der Waals surface area contributed by atoms with Crippen molar-refractivity contribution in [2.45, 2.75) is 19.6 Å². The fraction of sp³-hybridized carbons (Fsp3) is 0.429. The number of carbonyl (C=O) groups is 4. The number of phosphoric acid groups is 1. The Morgan fingerprint density at radius 3 is 1.33 bits per heavy atom. The van der Waals surface area contributed by atoms with Crippen molar-refractivity contribution in [1.29, 1.82) is 0 Å². The second kappa shape index (κ2) is 11.4. The first-order valence-electron chi connectivity index (χ1n) is 5.37. The first-order chi connectivity index (χ1) is 10.0. The Bertz CT molecular complexity index is 485. The van der Waals surface area contributed by atoms with Crippen molar-refractivity contribution in [3.63, 3.8) is 0 Å². The van der Waals surface area contributed by atoms with Gasteiger partial charge in [0.25, 0.3) is 0 Å². The SMILES string of the molecule is C[Si](C)(C)OP(=O)(O)O.O=C(O)C(=O)OB(O)OC(=O)C(=O)O.[LiH]. The van der Waals surface area contributed by atoms with Crippen LogP contribution in [-0.4, -0.2) is 83.4 Å². The molecule has 0 unspecified atom stereocenters. The third-order valence-electron chi connectivity index (χ3n) is 1.16. The van der Waals surface area contributed by atoms with Gasteiger partial charge < -0.3 is 38.5 Å². The van der Waals surface area contributed by atoms with E-state index in [-0.39, 0.29) is 18.9 Å². The molecule has 0 aliphatic rings. The van der Waals surface area contributed by atoms with Gasteiger partial charge in [0.15, 0.2) is 8.32 Å². The van der Waals surface area contributed by atoms with Crippen molar-refractivity contribution in [3.8, 4) is 0 Å². The molecule has 0 aromatic rings. The van der Waals surface area contributed by atoms with Crippen LogP contribution in [0, 0.1) is 0 Å². The molecule has 13 nitrogen and oxygen atoms in total. The van der Waals surface area contributed by atoms with Crippen LogP contribution >= 0.6 is 7.82 Å². The Morgan fingerprint density at radius 1 is 0.917 bits per heavy atom. The molecule has 0 saturated heterocycles. The van der Waals surface area contributed by atoms with Gasteiger partial charge in [-0.3, -0.25) is 0 Å². The summed E-state index contributed by atoms with van der Waals surface area (Å²) in [5.74, 6) is -7.85. The Kier molecular flexibility index (Phi) is 13.1. The van der Waals surface area contributed by atoms with Crippen LogP contribution < -0.4 is 0 Å². The normalized spacial score (nSPS) is 10.2. The van der Waals surface area contributed by atoms with Crippen LogP contribution in [0.3, 0.4) is 0 Å². The number of aliphatic carboxylic acids is 2. The second-order valence-corrected chi connectivity index (χ2v) is 10.4. The Balaban J connectivity index is -0.000000385. The molecule has 0 spiro atoms. The van der Waals surface area contributed by atoms with Crippen LogP contribution in [0.2, 0.25) is 19.6 Å². The van der Waals surface area contributed by atoms with Crippen LogP contribution in [0.5, 0.6) is 0 Å². The third-order valence-corrected chi connectivity index (χ3v) is 4.30. The van der Waals surface area contributed by atoms with Gasteiger partial charge in [0.2, 0.25) is 0 Å². The van der Waals surface area contributed by atoms with E-state index in [2.05, 4.69) is 13.5 Å². The molecule has 0 aromatic heterocycles. The minimum atomic E-state index is -4.23. The zero-order valence-electron chi connectivity index (χ0n) is 12.0. The first-order valence-corrected chi connectivity index (χ1v) is 10.3. The number of carboxylic acid groups (broad SMARTS) is 2. The van der Waals surface area contributed by atoms with Crippen molar-refractivity contribution in [1.82, 2.24) is 0 Å².